The summed E-state index contributed by atoms with van der Waals surface area (Å²) in [6.07, 6.45) is 2.85. The highest BCUT2D eigenvalue weighted by molar-refractivity contribution is 14.0. The Balaban J connectivity index is 0.00000300. The topological polar surface area (TPSA) is 60.3 Å². The van der Waals surface area contributed by atoms with Crippen molar-refractivity contribution >= 4 is 29.9 Å². The van der Waals surface area contributed by atoms with Crippen molar-refractivity contribution in [3.63, 3.8) is 0 Å². The number of aliphatic hydroxyl groups is 1. The lowest BCUT2D eigenvalue weighted by molar-refractivity contribution is 0.0792. The lowest BCUT2D eigenvalue weighted by atomic mass is 10.1. The van der Waals surface area contributed by atoms with Gasteiger partial charge in [-0.2, -0.15) is 0 Å². The van der Waals surface area contributed by atoms with Crippen LogP contribution in [0.3, 0.4) is 0 Å². The van der Waals surface area contributed by atoms with Gasteiger partial charge in [0.25, 0.3) is 0 Å². The number of aliphatic hydroxyl groups excluding tert-OH is 1. The van der Waals surface area contributed by atoms with Crippen LogP contribution >= 0.6 is 24.0 Å². The van der Waals surface area contributed by atoms with E-state index >= 15 is 0 Å². The van der Waals surface area contributed by atoms with E-state index in [1.54, 1.807) is 0 Å². The highest BCUT2D eigenvalue weighted by Gasteiger charge is 2.24. The van der Waals surface area contributed by atoms with E-state index in [9.17, 15) is 5.11 Å². The van der Waals surface area contributed by atoms with Crippen molar-refractivity contribution in [2.45, 2.75) is 45.4 Å². The Labute approximate surface area is 192 Å². The summed E-state index contributed by atoms with van der Waals surface area (Å²) in [5.74, 6) is 1.59. The molecular formula is C22H37IN4O2. The molecule has 1 aromatic carbocycles. The quantitative estimate of drug-likeness (QED) is 0.332. The second-order valence-electron chi connectivity index (χ2n) is 7.98. The largest absolute Gasteiger partial charge is 0.393 e. The monoisotopic (exact) mass is 516 g/mol. The molecule has 0 radical (unpaired) electrons. The maximum atomic E-state index is 9.63. The first-order chi connectivity index (χ1) is 13.7. The average molecular weight is 516 g/mol. The summed E-state index contributed by atoms with van der Waals surface area (Å²) >= 11 is 0. The molecule has 1 aromatic rings. The van der Waals surface area contributed by atoms with Crippen molar-refractivity contribution in [2.24, 2.45) is 10.9 Å². The third kappa shape index (κ3) is 7.70. The smallest absolute Gasteiger partial charge is 0.193 e. The van der Waals surface area contributed by atoms with Gasteiger partial charge in [0.1, 0.15) is 0 Å². The summed E-state index contributed by atoms with van der Waals surface area (Å²) in [4.78, 5) is 9.23. The molecule has 0 aromatic heterocycles. The van der Waals surface area contributed by atoms with E-state index in [1.165, 1.54) is 17.5 Å². The number of hydrogen-bond acceptors (Lipinski definition) is 4. The van der Waals surface area contributed by atoms with Gasteiger partial charge >= 0.3 is 0 Å². The van der Waals surface area contributed by atoms with Gasteiger partial charge in [0.05, 0.1) is 12.7 Å². The molecule has 0 spiro atoms. The molecule has 2 fully saturated rings. The van der Waals surface area contributed by atoms with E-state index in [4.69, 9.17) is 4.74 Å². The molecule has 2 aliphatic heterocycles. The number of likely N-dealkylation sites (tertiary alicyclic amines) is 2. The van der Waals surface area contributed by atoms with Gasteiger partial charge in [-0.25, -0.2) is 0 Å². The Kier molecular flexibility index (Phi) is 10.7. The fraction of sp³-hybridized carbons (Fsp3) is 0.682. The lowest BCUT2D eigenvalue weighted by Crippen LogP contribution is -2.39. The second kappa shape index (κ2) is 12.7. The first-order valence-corrected chi connectivity index (χ1v) is 10.7. The van der Waals surface area contributed by atoms with Crippen molar-refractivity contribution < 1.29 is 9.84 Å². The summed E-state index contributed by atoms with van der Waals surface area (Å²) < 4.78 is 5.58. The van der Waals surface area contributed by atoms with Crippen LogP contribution in [0.15, 0.2) is 29.3 Å². The van der Waals surface area contributed by atoms with E-state index in [0.717, 1.165) is 71.3 Å². The molecule has 2 heterocycles. The molecule has 2 N–H and O–H groups in total. The number of nitrogens with one attached hydrogen (secondary N) is 1. The van der Waals surface area contributed by atoms with Crippen molar-refractivity contribution in [1.29, 1.82) is 0 Å². The Morgan fingerprint density at radius 1 is 1.14 bits per heavy atom. The Morgan fingerprint density at radius 2 is 1.83 bits per heavy atom. The van der Waals surface area contributed by atoms with E-state index in [2.05, 4.69) is 51.3 Å². The summed E-state index contributed by atoms with van der Waals surface area (Å²) in [5, 5.41) is 13.1. The average Bonchev–Trinajstić information content (AvgIpc) is 3.18. The van der Waals surface area contributed by atoms with Gasteiger partial charge < -0.3 is 20.1 Å². The predicted octanol–water partition coefficient (Wildman–Crippen LogP) is 2.70. The number of rotatable bonds is 7. The van der Waals surface area contributed by atoms with Gasteiger partial charge in [-0.05, 0) is 37.3 Å². The van der Waals surface area contributed by atoms with Crippen LogP contribution in [0.2, 0.25) is 0 Å². The van der Waals surface area contributed by atoms with Gasteiger partial charge in [0, 0.05) is 58.8 Å². The molecule has 6 nitrogen and oxygen atoms in total. The van der Waals surface area contributed by atoms with Crippen LogP contribution in [0.1, 0.15) is 37.3 Å². The number of aliphatic imine (C=N–C) groups is 1. The van der Waals surface area contributed by atoms with Gasteiger partial charge in [-0.15, -0.1) is 24.0 Å². The Bertz CT molecular complexity index is 618. The Morgan fingerprint density at radius 3 is 2.48 bits per heavy atom. The van der Waals surface area contributed by atoms with Crippen molar-refractivity contribution in [3.05, 3.63) is 35.4 Å². The zero-order chi connectivity index (χ0) is 19.8. The van der Waals surface area contributed by atoms with Crippen LogP contribution in [0.25, 0.3) is 0 Å². The van der Waals surface area contributed by atoms with Crippen molar-refractivity contribution in [3.8, 4) is 0 Å². The minimum atomic E-state index is -0.107. The summed E-state index contributed by atoms with van der Waals surface area (Å²) in [7, 11) is 1.86. The fourth-order valence-electron chi connectivity index (χ4n) is 4.06. The molecule has 0 bridgehead atoms. The molecular weight excluding hydrogens is 479 g/mol. The Hall–Kier alpha value is -0.900. The second-order valence-corrected chi connectivity index (χ2v) is 7.98. The molecule has 1 atom stereocenters. The maximum Gasteiger partial charge on any atom is 0.193 e. The third-order valence-corrected chi connectivity index (χ3v) is 5.79. The summed E-state index contributed by atoms with van der Waals surface area (Å²) in [6.45, 7) is 9.48. The maximum absolute atomic E-state index is 9.63. The number of halogens is 1. The van der Waals surface area contributed by atoms with Crippen LogP contribution < -0.4 is 5.32 Å². The van der Waals surface area contributed by atoms with Crippen LogP contribution in [0, 0.1) is 5.92 Å². The fourth-order valence-corrected chi connectivity index (χ4v) is 4.06. The summed E-state index contributed by atoms with van der Waals surface area (Å²) in [5.41, 5.74) is 2.60. The van der Waals surface area contributed by atoms with E-state index in [0.29, 0.717) is 5.92 Å². The van der Waals surface area contributed by atoms with Gasteiger partial charge in [0.2, 0.25) is 0 Å². The number of benzene rings is 1. The van der Waals surface area contributed by atoms with Crippen LogP contribution in [-0.2, 0) is 17.8 Å². The van der Waals surface area contributed by atoms with Crippen LogP contribution in [0.5, 0.6) is 0 Å². The first-order valence-electron chi connectivity index (χ1n) is 10.7. The molecule has 0 saturated carbocycles. The molecule has 7 heteroatoms. The summed E-state index contributed by atoms with van der Waals surface area (Å²) in [6, 6.07) is 8.85. The standard InChI is InChI=1S/C22H36N4O2.HI/c1-3-28-17-20-8-13-26(16-20)22(23-2)24-14-18-4-6-19(7-5-18)15-25-11-9-21(27)10-12-25;/h4-7,20-21,27H,3,8-17H2,1-2H3,(H,23,24);1H. The van der Waals surface area contributed by atoms with Crippen molar-refractivity contribution in [1.82, 2.24) is 15.1 Å². The zero-order valence-electron chi connectivity index (χ0n) is 17.8. The number of guanidine groups is 1. The first kappa shape index (κ1) is 24.4. The van der Waals surface area contributed by atoms with E-state index in [1.807, 2.05) is 7.05 Å². The molecule has 2 saturated heterocycles. The van der Waals surface area contributed by atoms with E-state index < -0.39 is 0 Å². The molecule has 0 aliphatic carbocycles. The highest BCUT2D eigenvalue weighted by atomic mass is 127. The van der Waals surface area contributed by atoms with Crippen LogP contribution in [0.4, 0.5) is 0 Å². The number of hydrogen-bond donors (Lipinski definition) is 2. The lowest BCUT2D eigenvalue weighted by Gasteiger charge is -2.29. The minimum absolute atomic E-state index is 0. The van der Waals surface area contributed by atoms with E-state index in [-0.39, 0.29) is 30.1 Å². The number of ether oxygens (including phenoxy) is 1. The number of nitrogens with zero attached hydrogens (tertiary/aromatic N) is 3. The van der Waals surface area contributed by atoms with Crippen molar-refractivity contribution in [2.75, 3.05) is 46.4 Å². The minimum Gasteiger partial charge on any atom is -0.393 e. The zero-order valence-corrected chi connectivity index (χ0v) is 20.2. The SMILES string of the molecule is CCOCC1CCN(C(=NC)NCc2ccc(CN3CCC(O)CC3)cc2)C1.I. The van der Waals surface area contributed by atoms with Gasteiger partial charge in [-0.1, -0.05) is 24.3 Å². The molecule has 1 unspecified atom stereocenters. The number of piperidine rings is 1. The van der Waals surface area contributed by atoms with Crippen LogP contribution in [-0.4, -0.2) is 73.4 Å². The van der Waals surface area contributed by atoms with Gasteiger partial charge in [-0.3, -0.25) is 9.89 Å². The highest BCUT2D eigenvalue weighted by Crippen LogP contribution is 2.17. The normalized spacial score (nSPS) is 21.3. The third-order valence-electron chi connectivity index (χ3n) is 5.79. The molecule has 164 valence electrons. The molecule has 2 aliphatic rings. The van der Waals surface area contributed by atoms with Gasteiger partial charge in [0.15, 0.2) is 5.96 Å². The molecule has 3 rings (SSSR count). The molecule has 29 heavy (non-hydrogen) atoms. The predicted molar refractivity (Wildman–Crippen MR) is 129 cm³/mol. The molecule has 0 amide bonds.